The predicted molar refractivity (Wildman–Crippen MR) is 99.3 cm³/mol. The van der Waals surface area contributed by atoms with E-state index in [1.165, 1.54) is 10.9 Å². The fourth-order valence-electron chi connectivity index (χ4n) is 3.07. The summed E-state index contributed by atoms with van der Waals surface area (Å²) in [4.78, 5) is 14.4. The summed E-state index contributed by atoms with van der Waals surface area (Å²) in [6.45, 7) is 8.76. The Morgan fingerprint density at radius 3 is 2.60 bits per heavy atom. The topological polar surface area (TPSA) is 84.3 Å². The first-order chi connectivity index (χ1) is 11.6. The van der Waals surface area contributed by atoms with E-state index in [-0.39, 0.29) is 17.0 Å². The number of aromatic nitrogens is 2. The number of likely N-dealkylation sites (tertiary alicyclic amines) is 1. The van der Waals surface area contributed by atoms with E-state index in [4.69, 9.17) is 0 Å². The molecule has 0 bridgehead atoms. The molecule has 1 fully saturated rings. The van der Waals surface area contributed by atoms with Crippen LogP contribution < -0.4 is 10.3 Å². The molecule has 0 spiro atoms. The van der Waals surface area contributed by atoms with Crippen LogP contribution in [-0.4, -0.2) is 55.0 Å². The van der Waals surface area contributed by atoms with E-state index in [1.54, 1.807) is 12.1 Å². The van der Waals surface area contributed by atoms with Gasteiger partial charge in [-0.15, -0.1) is 0 Å². The van der Waals surface area contributed by atoms with Crippen LogP contribution in [0.1, 0.15) is 45.7 Å². The highest BCUT2D eigenvalue weighted by molar-refractivity contribution is 7.88. The highest BCUT2D eigenvalue weighted by Crippen LogP contribution is 2.19. The van der Waals surface area contributed by atoms with Gasteiger partial charge in [-0.1, -0.05) is 27.2 Å². The summed E-state index contributed by atoms with van der Waals surface area (Å²) in [6.07, 6.45) is 4.35. The third-order valence-corrected chi connectivity index (χ3v) is 5.26. The van der Waals surface area contributed by atoms with Crippen molar-refractivity contribution in [2.45, 2.75) is 58.0 Å². The second kappa shape index (κ2) is 7.97. The average molecular weight is 371 g/mol. The maximum atomic E-state index is 12.1. The number of nitrogens with one attached hydrogen (secondary N) is 1. The fourth-order valence-corrected chi connectivity index (χ4v) is 3.56. The predicted octanol–water partition coefficient (Wildman–Crippen LogP) is 0.945. The van der Waals surface area contributed by atoms with Crippen LogP contribution in [0.3, 0.4) is 0 Å². The monoisotopic (exact) mass is 370 g/mol. The highest BCUT2D eigenvalue weighted by atomic mass is 32.2. The molecule has 1 aliphatic rings. The van der Waals surface area contributed by atoms with Crippen molar-refractivity contribution in [3.8, 4) is 0 Å². The first-order valence-electron chi connectivity index (χ1n) is 8.83. The molecule has 0 radical (unpaired) electrons. The standard InChI is InChI=1S/C17H30N4O3S/c1-17(2,3)15-8-9-16(22)21(19-15)12-11-20-10-6-5-7-14(20)13-18-25(4,23)24/h8-9,14,18H,5-7,10-13H2,1-4H3. The Balaban J connectivity index is 2.04. The lowest BCUT2D eigenvalue weighted by molar-refractivity contribution is 0.142. The third-order valence-electron chi connectivity index (χ3n) is 4.56. The van der Waals surface area contributed by atoms with Gasteiger partial charge >= 0.3 is 0 Å². The van der Waals surface area contributed by atoms with Crippen molar-refractivity contribution < 1.29 is 8.42 Å². The number of hydrogen-bond donors (Lipinski definition) is 1. The summed E-state index contributed by atoms with van der Waals surface area (Å²) in [5.74, 6) is 0. The van der Waals surface area contributed by atoms with Gasteiger partial charge in [0.05, 0.1) is 18.5 Å². The van der Waals surface area contributed by atoms with E-state index in [1.807, 2.05) is 0 Å². The fraction of sp³-hybridized carbons (Fsp3) is 0.765. The zero-order valence-electron chi connectivity index (χ0n) is 15.7. The van der Waals surface area contributed by atoms with Crippen molar-refractivity contribution in [3.63, 3.8) is 0 Å². The van der Waals surface area contributed by atoms with E-state index >= 15 is 0 Å². The summed E-state index contributed by atoms with van der Waals surface area (Å²) in [7, 11) is -3.19. The number of hydrogen-bond acceptors (Lipinski definition) is 5. The van der Waals surface area contributed by atoms with Crippen LogP contribution in [0.25, 0.3) is 0 Å². The van der Waals surface area contributed by atoms with Crippen LogP contribution in [0.5, 0.6) is 0 Å². The molecule has 0 saturated carbocycles. The quantitative estimate of drug-likeness (QED) is 0.806. The van der Waals surface area contributed by atoms with Gasteiger partial charge < -0.3 is 0 Å². The van der Waals surface area contributed by atoms with Crippen molar-refractivity contribution in [1.29, 1.82) is 0 Å². The van der Waals surface area contributed by atoms with Gasteiger partial charge in [0.25, 0.3) is 5.56 Å². The SMILES string of the molecule is CC(C)(C)c1ccc(=O)n(CCN2CCCCC2CNS(C)(=O)=O)n1. The molecule has 25 heavy (non-hydrogen) atoms. The van der Waals surface area contributed by atoms with E-state index in [0.29, 0.717) is 19.6 Å². The lowest BCUT2D eigenvalue weighted by Gasteiger charge is -2.35. The van der Waals surface area contributed by atoms with Crippen LogP contribution >= 0.6 is 0 Å². The minimum absolute atomic E-state index is 0.101. The smallest absolute Gasteiger partial charge is 0.266 e. The van der Waals surface area contributed by atoms with Crippen molar-refractivity contribution >= 4 is 10.0 Å². The first kappa shape index (κ1) is 20.1. The van der Waals surface area contributed by atoms with Gasteiger partial charge in [0, 0.05) is 30.6 Å². The first-order valence-corrected chi connectivity index (χ1v) is 10.7. The summed E-state index contributed by atoms with van der Waals surface area (Å²) in [5.41, 5.74) is 0.680. The van der Waals surface area contributed by atoms with Gasteiger partial charge in [0.15, 0.2) is 0 Å². The molecule has 2 heterocycles. The summed E-state index contributed by atoms with van der Waals surface area (Å²) >= 11 is 0. The molecule has 1 atom stereocenters. The molecule has 8 heteroatoms. The molecular weight excluding hydrogens is 340 g/mol. The Hall–Kier alpha value is -1.25. The molecular formula is C17H30N4O3S. The molecule has 2 rings (SSSR count). The second-order valence-corrected chi connectivity index (χ2v) is 9.67. The van der Waals surface area contributed by atoms with Crippen LogP contribution in [0.2, 0.25) is 0 Å². The number of nitrogens with zero attached hydrogens (tertiary/aromatic N) is 3. The van der Waals surface area contributed by atoms with Gasteiger partial charge in [-0.25, -0.2) is 17.8 Å². The van der Waals surface area contributed by atoms with Crippen LogP contribution in [0, 0.1) is 0 Å². The van der Waals surface area contributed by atoms with E-state index < -0.39 is 10.0 Å². The Bertz CT molecular complexity index is 737. The molecule has 1 saturated heterocycles. The minimum Gasteiger partial charge on any atom is -0.297 e. The van der Waals surface area contributed by atoms with Gasteiger partial charge in [-0.2, -0.15) is 5.10 Å². The number of rotatable bonds is 6. The third kappa shape index (κ3) is 6.20. The average Bonchev–Trinajstić information content (AvgIpc) is 2.51. The molecule has 1 unspecified atom stereocenters. The summed E-state index contributed by atoms with van der Waals surface area (Å²) < 4.78 is 26.8. The van der Waals surface area contributed by atoms with Crippen LogP contribution in [0.15, 0.2) is 16.9 Å². The molecule has 142 valence electrons. The molecule has 1 aromatic rings. The molecule has 7 nitrogen and oxygen atoms in total. The lowest BCUT2D eigenvalue weighted by Crippen LogP contribution is -2.48. The maximum Gasteiger partial charge on any atom is 0.266 e. The van der Waals surface area contributed by atoms with Crippen LogP contribution in [-0.2, 0) is 22.0 Å². The Labute approximate surface area is 150 Å². The lowest BCUT2D eigenvalue weighted by atomic mass is 9.92. The molecule has 1 aliphatic heterocycles. The number of sulfonamides is 1. The largest absolute Gasteiger partial charge is 0.297 e. The van der Waals surface area contributed by atoms with Gasteiger partial charge in [0.2, 0.25) is 10.0 Å². The maximum absolute atomic E-state index is 12.1. The second-order valence-electron chi connectivity index (χ2n) is 7.84. The molecule has 0 aliphatic carbocycles. The van der Waals surface area contributed by atoms with Crippen molar-refractivity contribution in [1.82, 2.24) is 19.4 Å². The molecule has 0 amide bonds. The van der Waals surface area contributed by atoms with Crippen molar-refractivity contribution in [2.75, 3.05) is 25.9 Å². The Kier molecular flexibility index (Phi) is 6.40. The van der Waals surface area contributed by atoms with Gasteiger partial charge in [-0.05, 0) is 25.5 Å². The molecule has 1 aromatic heterocycles. The summed E-state index contributed by atoms with van der Waals surface area (Å²) in [5, 5.41) is 4.50. The number of piperidine rings is 1. The summed E-state index contributed by atoms with van der Waals surface area (Å²) in [6, 6.07) is 3.54. The van der Waals surface area contributed by atoms with Crippen LogP contribution in [0.4, 0.5) is 0 Å². The zero-order valence-corrected chi connectivity index (χ0v) is 16.5. The Morgan fingerprint density at radius 1 is 1.24 bits per heavy atom. The van der Waals surface area contributed by atoms with E-state index in [9.17, 15) is 13.2 Å². The highest BCUT2D eigenvalue weighted by Gasteiger charge is 2.23. The van der Waals surface area contributed by atoms with Crippen molar-refractivity contribution in [2.24, 2.45) is 0 Å². The molecule has 0 aromatic carbocycles. The zero-order chi connectivity index (χ0) is 18.7. The Morgan fingerprint density at radius 2 is 1.96 bits per heavy atom. The minimum atomic E-state index is -3.19. The van der Waals surface area contributed by atoms with Gasteiger partial charge in [-0.3, -0.25) is 9.69 Å². The van der Waals surface area contributed by atoms with E-state index in [0.717, 1.165) is 31.5 Å². The van der Waals surface area contributed by atoms with Gasteiger partial charge in [0.1, 0.15) is 0 Å². The van der Waals surface area contributed by atoms with E-state index in [2.05, 4.69) is 35.5 Å². The normalized spacial score (nSPS) is 19.9. The molecule has 1 N–H and O–H groups in total. The van der Waals surface area contributed by atoms with Crippen molar-refractivity contribution in [3.05, 3.63) is 28.2 Å².